The number of hydrogen-bond donors (Lipinski definition) is 5. The zero-order chi connectivity index (χ0) is 25.7. The molecule has 14 heteroatoms. The summed E-state index contributed by atoms with van der Waals surface area (Å²) in [5.74, 6) is -0.00579. The molecule has 36 heavy (non-hydrogen) atoms. The normalized spacial score (nSPS) is 14.5. The molecule has 4 atom stereocenters. The largest absolute Gasteiger partial charge is 0.493 e. The smallest absolute Gasteiger partial charge is 0.164 e. The molecular weight excluding hydrogens is 569 g/mol. The van der Waals surface area contributed by atoms with Crippen molar-refractivity contribution in [2.75, 3.05) is 32.8 Å². The molecule has 0 saturated heterocycles. The van der Waals surface area contributed by atoms with Crippen LogP contribution in [0.5, 0.6) is 11.5 Å². The lowest BCUT2D eigenvalue weighted by molar-refractivity contribution is -0.127. The van der Waals surface area contributed by atoms with Gasteiger partial charge >= 0.3 is 0 Å². The molecule has 7 N–H and O–H groups in total. The van der Waals surface area contributed by atoms with Crippen LogP contribution in [-0.2, 0) is 4.74 Å². The molecule has 0 saturated carbocycles. The minimum Gasteiger partial charge on any atom is -0.493 e. The van der Waals surface area contributed by atoms with Crippen LogP contribution in [0.25, 0.3) is 10.9 Å². The van der Waals surface area contributed by atoms with E-state index < -0.39 is 43.4 Å². The number of benzene rings is 2. The van der Waals surface area contributed by atoms with Crippen LogP contribution < -0.4 is 14.8 Å². The van der Waals surface area contributed by atoms with Crippen molar-refractivity contribution in [3.05, 3.63) is 45.9 Å². The van der Waals surface area contributed by atoms with Gasteiger partial charge in [0.15, 0.2) is 17.6 Å². The summed E-state index contributed by atoms with van der Waals surface area (Å²) >= 11 is 9.25. The van der Waals surface area contributed by atoms with Crippen LogP contribution in [0.15, 0.2) is 35.1 Å². The summed E-state index contributed by atoms with van der Waals surface area (Å²) in [7, 11) is 2.64. The molecular formula is C22H26BrClFN3O8. The van der Waals surface area contributed by atoms with Gasteiger partial charge in [0.25, 0.3) is 0 Å². The van der Waals surface area contributed by atoms with Gasteiger partial charge in [0.1, 0.15) is 36.3 Å². The first-order valence-electron chi connectivity index (χ1n) is 10.3. The topological polar surface area (TPSA) is 178 Å². The fraction of sp³-hybridized carbons (Fsp3) is 0.364. The van der Waals surface area contributed by atoms with Gasteiger partial charge in [-0.1, -0.05) is 11.6 Å². The maximum absolute atomic E-state index is 14.4. The molecule has 1 heterocycles. The summed E-state index contributed by atoms with van der Waals surface area (Å²) < 4.78 is 30.9. The second-order valence-electron chi connectivity index (χ2n) is 7.39. The highest BCUT2D eigenvalue weighted by atomic mass is 79.9. The molecule has 0 aliphatic rings. The standard InChI is InChI=1S/C22H24BrClFN3O7.H2O/c1-33-16-3-10-14(6-17(16)35-19(8-30)21(32)20(31)18(7-29)34-2)26-9-27-22(10)28-15-5-12(24)11(23)4-13(15)25;/h3-6,9,18-21,29-32H,7-8H2,1-2H3,(H,26,27,28);1H2/t18-,19-,20+,21+;/m0./s1. The monoisotopic (exact) mass is 593 g/mol. The molecule has 0 aliphatic heterocycles. The molecule has 0 unspecified atom stereocenters. The molecule has 0 amide bonds. The first-order valence-corrected chi connectivity index (χ1v) is 11.4. The third-order valence-electron chi connectivity index (χ3n) is 5.24. The van der Waals surface area contributed by atoms with Crippen molar-refractivity contribution < 1.29 is 44.5 Å². The van der Waals surface area contributed by atoms with Crippen molar-refractivity contribution in [1.82, 2.24) is 9.97 Å². The zero-order valence-corrected chi connectivity index (χ0v) is 21.5. The summed E-state index contributed by atoms with van der Waals surface area (Å²) in [5, 5.41) is 43.4. The number of rotatable bonds is 11. The highest BCUT2D eigenvalue weighted by Gasteiger charge is 2.34. The van der Waals surface area contributed by atoms with E-state index in [4.69, 9.17) is 25.8 Å². The van der Waals surface area contributed by atoms with Crippen LogP contribution in [-0.4, -0.2) is 87.7 Å². The Morgan fingerprint density at radius 1 is 1.03 bits per heavy atom. The van der Waals surface area contributed by atoms with Crippen LogP contribution in [0.2, 0.25) is 5.02 Å². The number of anilines is 2. The van der Waals surface area contributed by atoms with Gasteiger partial charge in [-0.25, -0.2) is 14.4 Å². The van der Waals surface area contributed by atoms with E-state index in [1.54, 1.807) is 0 Å². The zero-order valence-electron chi connectivity index (χ0n) is 19.2. The van der Waals surface area contributed by atoms with E-state index >= 15 is 0 Å². The maximum Gasteiger partial charge on any atom is 0.164 e. The number of aliphatic hydroxyl groups excluding tert-OH is 4. The molecule has 0 bridgehead atoms. The van der Waals surface area contributed by atoms with E-state index in [2.05, 4.69) is 31.2 Å². The van der Waals surface area contributed by atoms with E-state index in [1.165, 1.54) is 44.8 Å². The highest BCUT2D eigenvalue weighted by Crippen LogP contribution is 2.37. The van der Waals surface area contributed by atoms with Crippen molar-refractivity contribution in [2.24, 2.45) is 0 Å². The Morgan fingerprint density at radius 2 is 1.69 bits per heavy atom. The van der Waals surface area contributed by atoms with Crippen molar-refractivity contribution in [3.63, 3.8) is 0 Å². The fourth-order valence-electron chi connectivity index (χ4n) is 3.30. The van der Waals surface area contributed by atoms with Gasteiger partial charge in [0.05, 0.1) is 36.6 Å². The minimum atomic E-state index is -1.61. The van der Waals surface area contributed by atoms with Gasteiger partial charge in [-0.3, -0.25) is 0 Å². The van der Waals surface area contributed by atoms with Gasteiger partial charge in [0.2, 0.25) is 0 Å². The van der Waals surface area contributed by atoms with Gasteiger partial charge in [-0.2, -0.15) is 0 Å². The number of aliphatic hydroxyl groups is 4. The summed E-state index contributed by atoms with van der Waals surface area (Å²) in [6.07, 6.45) is -4.27. The number of aromatic nitrogens is 2. The predicted octanol–water partition coefficient (Wildman–Crippen LogP) is 1.58. The molecule has 0 radical (unpaired) electrons. The summed E-state index contributed by atoms with van der Waals surface area (Å²) in [5.41, 5.74) is 0.463. The molecule has 0 fully saturated rings. The molecule has 1 aromatic heterocycles. The van der Waals surface area contributed by atoms with Gasteiger partial charge in [0, 0.05) is 23.0 Å². The van der Waals surface area contributed by atoms with Crippen molar-refractivity contribution in [3.8, 4) is 11.5 Å². The molecule has 198 valence electrons. The second-order valence-corrected chi connectivity index (χ2v) is 8.65. The SMILES string of the molecule is COc1cc2c(Nc3cc(Cl)c(Br)cc3F)ncnc2cc1O[C@@H](CO)[C@@H](O)[C@H](O)[C@H](CO)OC.O. The number of ether oxygens (including phenoxy) is 3. The Labute approximate surface area is 218 Å². The first kappa shape index (κ1) is 29.9. The van der Waals surface area contributed by atoms with Crippen LogP contribution in [0.4, 0.5) is 15.9 Å². The van der Waals surface area contributed by atoms with E-state index in [9.17, 15) is 24.8 Å². The molecule has 3 aromatic rings. The Balaban J connectivity index is 0.00000456. The Kier molecular flexibility index (Phi) is 11.0. The van der Waals surface area contributed by atoms with E-state index in [-0.39, 0.29) is 28.5 Å². The number of nitrogens with one attached hydrogen (secondary N) is 1. The number of hydrogen-bond acceptors (Lipinski definition) is 10. The average molecular weight is 595 g/mol. The highest BCUT2D eigenvalue weighted by molar-refractivity contribution is 9.10. The van der Waals surface area contributed by atoms with E-state index in [0.29, 0.717) is 20.4 Å². The third kappa shape index (κ3) is 6.49. The number of halogens is 3. The lowest BCUT2D eigenvalue weighted by Gasteiger charge is -2.30. The van der Waals surface area contributed by atoms with Gasteiger partial charge < -0.3 is 45.4 Å². The van der Waals surface area contributed by atoms with Crippen LogP contribution >= 0.6 is 27.5 Å². The number of methoxy groups -OCH3 is 2. The lowest BCUT2D eigenvalue weighted by atomic mass is 10.0. The van der Waals surface area contributed by atoms with Crippen LogP contribution in [0.1, 0.15) is 0 Å². The van der Waals surface area contributed by atoms with Crippen LogP contribution in [0, 0.1) is 5.82 Å². The number of nitrogens with zero attached hydrogens (tertiary/aromatic N) is 2. The van der Waals surface area contributed by atoms with Gasteiger partial charge in [-0.05, 0) is 34.1 Å². The van der Waals surface area contributed by atoms with Crippen molar-refractivity contribution in [2.45, 2.75) is 24.4 Å². The van der Waals surface area contributed by atoms with Crippen molar-refractivity contribution in [1.29, 1.82) is 0 Å². The summed E-state index contributed by atoms with van der Waals surface area (Å²) in [4.78, 5) is 8.38. The molecule has 2 aromatic carbocycles. The van der Waals surface area contributed by atoms with Crippen molar-refractivity contribution >= 4 is 49.9 Å². The predicted molar refractivity (Wildman–Crippen MR) is 133 cm³/mol. The summed E-state index contributed by atoms with van der Waals surface area (Å²) in [6.45, 7) is -1.22. The van der Waals surface area contributed by atoms with Crippen LogP contribution in [0.3, 0.4) is 0 Å². The Hall–Kier alpha value is -2.36. The molecule has 0 aliphatic carbocycles. The van der Waals surface area contributed by atoms with Gasteiger partial charge in [-0.15, -0.1) is 0 Å². The fourth-order valence-corrected chi connectivity index (χ4v) is 3.78. The average Bonchev–Trinajstić information content (AvgIpc) is 2.85. The number of fused-ring (bicyclic) bond motifs is 1. The van der Waals surface area contributed by atoms with E-state index in [0.717, 1.165) is 0 Å². The molecule has 11 nitrogen and oxygen atoms in total. The Morgan fingerprint density at radius 3 is 2.31 bits per heavy atom. The van der Waals surface area contributed by atoms with E-state index in [1.807, 2.05) is 0 Å². The third-order valence-corrected chi connectivity index (χ3v) is 6.43. The molecule has 3 rings (SSSR count). The lowest BCUT2D eigenvalue weighted by Crippen LogP contribution is -2.49. The first-order chi connectivity index (χ1) is 16.7. The summed E-state index contributed by atoms with van der Waals surface area (Å²) in [6, 6.07) is 5.64. The quantitative estimate of drug-likeness (QED) is 0.205. The Bertz CT molecular complexity index is 1170. The second kappa shape index (κ2) is 13.3. The maximum atomic E-state index is 14.4. The molecule has 0 spiro atoms. The minimum absolute atomic E-state index is 0.